The van der Waals surface area contributed by atoms with Crippen molar-refractivity contribution in [3.8, 4) is 11.5 Å². The van der Waals surface area contributed by atoms with E-state index < -0.39 is 0 Å². The number of methoxy groups -OCH3 is 1. The molecular formula is C23H27ClN2O4. The number of nitrogens with zero attached hydrogens (tertiary/aromatic N) is 1. The first-order valence-corrected chi connectivity index (χ1v) is 10.5. The fourth-order valence-electron chi connectivity index (χ4n) is 3.81. The average Bonchev–Trinajstić information content (AvgIpc) is 2.72. The fourth-order valence-corrected chi connectivity index (χ4v) is 3.98. The van der Waals surface area contributed by atoms with E-state index in [1.165, 1.54) is 7.11 Å². The number of amides is 2. The first-order valence-electron chi connectivity index (χ1n) is 10.1. The third-order valence-electron chi connectivity index (χ3n) is 5.37. The number of carbonyl (C=O) groups excluding carboxylic acids is 2. The number of ether oxygens (including phenoxy) is 2. The fraction of sp³-hybridized carbons (Fsp3) is 0.391. The molecule has 1 fully saturated rings. The Balaban J connectivity index is 1.59. The molecule has 2 atom stereocenters. The largest absolute Gasteiger partial charge is 0.495 e. The molecule has 2 amide bonds. The molecule has 1 aliphatic heterocycles. The lowest BCUT2D eigenvalue weighted by Crippen LogP contribution is -2.49. The van der Waals surface area contributed by atoms with E-state index in [1.807, 2.05) is 4.90 Å². The van der Waals surface area contributed by atoms with E-state index in [-0.39, 0.29) is 30.5 Å². The van der Waals surface area contributed by atoms with Gasteiger partial charge < -0.3 is 19.7 Å². The van der Waals surface area contributed by atoms with Gasteiger partial charge in [0.25, 0.3) is 11.8 Å². The van der Waals surface area contributed by atoms with Crippen molar-refractivity contribution in [1.29, 1.82) is 0 Å². The van der Waals surface area contributed by atoms with Gasteiger partial charge in [-0.1, -0.05) is 11.6 Å². The minimum Gasteiger partial charge on any atom is -0.495 e. The van der Waals surface area contributed by atoms with Crippen LogP contribution in [-0.2, 0) is 4.79 Å². The molecule has 0 spiro atoms. The van der Waals surface area contributed by atoms with Gasteiger partial charge >= 0.3 is 0 Å². The number of rotatable bonds is 6. The van der Waals surface area contributed by atoms with E-state index in [0.29, 0.717) is 27.8 Å². The van der Waals surface area contributed by atoms with Crippen LogP contribution in [0.3, 0.4) is 0 Å². The molecular weight excluding hydrogens is 404 g/mol. The first-order chi connectivity index (χ1) is 14.4. The number of piperidine rings is 1. The zero-order valence-electron chi connectivity index (χ0n) is 17.5. The molecule has 30 heavy (non-hydrogen) atoms. The Hall–Kier alpha value is -2.73. The van der Waals surface area contributed by atoms with Gasteiger partial charge in [-0.2, -0.15) is 0 Å². The summed E-state index contributed by atoms with van der Waals surface area (Å²) in [5.74, 6) is 0.753. The zero-order chi connectivity index (χ0) is 21.7. The van der Waals surface area contributed by atoms with Crippen LogP contribution in [0.5, 0.6) is 11.5 Å². The molecule has 2 aromatic rings. The molecule has 3 rings (SSSR count). The van der Waals surface area contributed by atoms with E-state index in [2.05, 4.69) is 19.2 Å². The van der Waals surface area contributed by atoms with Crippen molar-refractivity contribution in [2.24, 2.45) is 0 Å². The van der Waals surface area contributed by atoms with Crippen LogP contribution in [0.4, 0.5) is 5.69 Å². The van der Waals surface area contributed by atoms with E-state index in [4.69, 9.17) is 21.1 Å². The third-order valence-corrected chi connectivity index (χ3v) is 5.61. The number of hydrogen-bond donors (Lipinski definition) is 1. The Morgan fingerprint density at radius 2 is 1.77 bits per heavy atom. The highest BCUT2D eigenvalue weighted by molar-refractivity contribution is 6.31. The monoisotopic (exact) mass is 430 g/mol. The lowest BCUT2D eigenvalue weighted by atomic mass is 9.97. The van der Waals surface area contributed by atoms with Gasteiger partial charge in [-0.25, -0.2) is 0 Å². The molecule has 2 unspecified atom stereocenters. The molecule has 1 N–H and O–H groups in total. The standard InChI is InChI=1S/C23H27ClN2O4/c1-15-5-4-6-16(2)26(15)22(27)14-30-19-10-7-17(8-11-19)23(28)25-20-13-18(24)9-12-21(20)29-3/h7-13,15-16H,4-6,14H2,1-3H3,(H,25,28). The molecule has 6 nitrogen and oxygen atoms in total. The lowest BCUT2D eigenvalue weighted by molar-refractivity contribution is -0.139. The van der Waals surface area contributed by atoms with E-state index in [1.54, 1.807) is 42.5 Å². The summed E-state index contributed by atoms with van der Waals surface area (Å²) in [6, 6.07) is 12.1. The van der Waals surface area contributed by atoms with Gasteiger partial charge in [-0.15, -0.1) is 0 Å². The average molecular weight is 431 g/mol. The number of carbonyl (C=O) groups is 2. The van der Waals surface area contributed by atoms with Crippen LogP contribution in [0.1, 0.15) is 43.5 Å². The normalized spacial score (nSPS) is 18.6. The highest BCUT2D eigenvalue weighted by Crippen LogP contribution is 2.28. The van der Waals surface area contributed by atoms with Gasteiger partial charge in [0, 0.05) is 22.7 Å². The second kappa shape index (κ2) is 9.85. The summed E-state index contributed by atoms with van der Waals surface area (Å²) in [5.41, 5.74) is 0.944. The topological polar surface area (TPSA) is 67.9 Å². The molecule has 2 aromatic carbocycles. The lowest BCUT2D eigenvalue weighted by Gasteiger charge is -2.38. The van der Waals surface area contributed by atoms with Crippen molar-refractivity contribution < 1.29 is 19.1 Å². The molecule has 0 bridgehead atoms. The Morgan fingerprint density at radius 3 is 2.40 bits per heavy atom. The summed E-state index contributed by atoms with van der Waals surface area (Å²) < 4.78 is 10.9. The zero-order valence-corrected chi connectivity index (χ0v) is 18.2. The van der Waals surface area contributed by atoms with Crippen molar-refractivity contribution in [3.05, 3.63) is 53.1 Å². The Labute approximate surface area is 182 Å². The van der Waals surface area contributed by atoms with Gasteiger partial charge in [-0.3, -0.25) is 9.59 Å². The van der Waals surface area contributed by atoms with Gasteiger partial charge in [0.1, 0.15) is 11.5 Å². The van der Waals surface area contributed by atoms with Crippen LogP contribution < -0.4 is 14.8 Å². The first kappa shape index (κ1) is 22.0. The maximum atomic E-state index is 12.6. The minimum atomic E-state index is -0.297. The van der Waals surface area contributed by atoms with Crippen LogP contribution in [0.2, 0.25) is 5.02 Å². The van der Waals surface area contributed by atoms with Crippen LogP contribution in [-0.4, -0.2) is 42.5 Å². The van der Waals surface area contributed by atoms with Crippen LogP contribution in [0, 0.1) is 0 Å². The van der Waals surface area contributed by atoms with Crippen LogP contribution in [0.25, 0.3) is 0 Å². The number of nitrogens with one attached hydrogen (secondary N) is 1. The molecule has 7 heteroatoms. The predicted molar refractivity (Wildman–Crippen MR) is 118 cm³/mol. The van der Waals surface area contributed by atoms with Crippen molar-refractivity contribution >= 4 is 29.1 Å². The minimum absolute atomic E-state index is 0.00966. The number of benzene rings is 2. The van der Waals surface area contributed by atoms with Gasteiger partial charge in [0.2, 0.25) is 0 Å². The van der Waals surface area contributed by atoms with Gasteiger partial charge in [-0.05, 0) is 75.6 Å². The maximum Gasteiger partial charge on any atom is 0.260 e. The summed E-state index contributed by atoms with van der Waals surface area (Å²) >= 11 is 6.00. The number of hydrogen-bond acceptors (Lipinski definition) is 4. The Morgan fingerprint density at radius 1 is 1.10 bits per heavy atom. The number of anilines is 1. The van der Waals surface area contributed by atoms with Gasteiger partial charge in [0.05, 0.1) is 12.8 Å². The molecule has 1 heterocycles. The molecule has 160 valence electrons. The Bertz CT molecular complexity index is 891. The number of likely N-dealkylation sites (tertiary alicyclic amines) is 1. The molecule has 0 saturated carbocycles. The summed E-state index contributed by atoms with van der Waals surface area (Å²) in [4.78, 5) is 27.0. The number of halogens is 1. The van der Waals surface area contributed by atoms with E-state index in [9.17, 15) is 9.59 Å². The smallest absolute Gasteiger partial charge is 0.260 e. The Kier molecular flexibility index (Phi) is 7.21. The highest BCUT2D eigenvalue weighted by atomic mass is 35.5. The van der Waals surface area contributed by atoms with Crippen molar-refractivity contribution in [1.82, 2.24) is 4.90 Å². The van der Waals surface area contributed by atoms with Crippen molar-refractivity contribution in [3.63, 3.8) is 0 Å². The summed E-state index contributed by atoms with van der Waals surface area (Å²) in [5, 5.41) is 3.29. The summed E-state index contributed by atoms with van der Waals surface area (Å²) in [6.45, 7) is 4.14. The molecule has 0 aromatic heterocycles. The second-order valence-electron chi connectivity index (χ2n) is 7.54. The van der Waals surface area contributed by atoms with Crippen LogP contribution >= 0.6 is 11.6 Å². The van der Waals surface area contributed by atoms with E-state index >= 15 is 0 Å². The molecule has 1 saturated heterocycles. The van der Waals surface area contributed by atoms with Gasteiger partial charge in [0.15, 0.2) is 6.61 Å². The molecule has 0 aliphatic carbocycles. The second-order valence-corrected chi connectivity index (χ2v) is 7.98. The van der Waals surface area contributed by atoms with Crippen molar-refractivity contribution in [2.45, 2.75) is 45.2 Å². The van der Waals surface area contributed by atoms with E-state index in [0.717, 1.165) is 19.3 Å². The maximum absolute atomic E-state index is 12.6. The SMILES string of the molecule is COc1ccc(Cl)cc1NC(=O)c1ccc(OCC(=O)N2C(C)CCCC2C)cc1. The summed E-state index contributed by atoms with van der Waals surface area (Å²) in [6.07, 6.45) is 3.20. The summed E-state index contributed by atoms with van der Waals surface area (Å²) in [7, 11) is 1.53. The highest BCUT2D eigenvalue weighted by Gasteiger charge is 2.28. The third kappa shape index (κ3) is 5.25. The predicted octanol–water partition coefficient (Wildman–Crippen LogP) is 4.77. The van der Waals surface area contributed by atoms with Crippen LogP contribution in [0.15, 0.2) is 42.5 Å². The van der Waals surface area contributed by atoms with Crippen molar-refractivity contribution in [2.75, 3.05) is 19.0 Å². The quantitative estimate of drug-likeness (QED) is 0.716. The molecule has 1 aliphatic rings. The molecule has 0 radical (unpaired) electrons.